The molecule has 0 spiro atoms. The number of piperidine rings is 1. The van der Waals surface area contributed by atoms with Crippen molar-refractivity contribution in [3.63, 3.8) is 0 Å². The summed E-state index contributed by atoms with van der Waals surface area (Å²) in [5.74, 6) is 0.933. The van der Waals surface area contributed by atoms with Crippen LogP contribution >= 0.6 is 11.6 Å². The predicted octanol–water partition coefficient (Wildman–Crippen LogP) is 4.82. The Morgan fingerprint density at radius 2 is 1.81 bits per heavy atom. The van der Waals surface area contributed by atoms with E-state index in [1.807, 2.05) is 53.0 Å². The van der Waals surface area contributed by atoms with Gasteiger partial charge in [-0.25, -0.2) is 0 Å². The second-order valence-corrected chi connectivity index (χ2v) is 7.67. The molecule has 0 unspecified atom stereocenters. The van der Waals surface area contributed by atoms with E-state index in [9.17, 15) is 4.79 Å². The van der Waals surface area contributed by atoms with Crippen LogP contribution in [-0.4, -0.2) is 34.6 Å². The summed E-state index contributed by atoms with van der Waals surface area (Å²) in [6.45, 7) is 3.48. The summed E-state index contributed by atoms with van der Waals surface area (Å²) in [7, 11) is 1.99. The lowest BCUT2D eigenvalue weighted by Crippen LogP contribution is -2.41. The third kappa shape index (κ3) is 3.67. The molecule has 1 aliphatic heterocycles. The number of hydrogen-bond acceptors (Lipinski definition) is 2. The number of aromatic nitrogens is 1. The van der Waals surface area contributed by atoms with E-state index < -0.39 is 0 Å². The Morgan fingerprint density at radius 3 is 2.52 bits per heavy atom. The Labute approximate surface area is 164 Å². The van der Waals surface area contributed by atoms with Crippen molar-refractivity contribution >= 4 is 28.4 Å². The molecule has 0 radical (unpaired) electrons. The minimum absolute atomic E-state index is 0.106. The van der Waals surface area contributed by atoms with E-state index in [2.05, 4.69) is 19.1 Å². The molecule has 1 amide bonds. The zero-order valence-electron chi connectivity index (χ0n) is 15.6. The fraction of sp³-hybridized carbons (Fsp3) is 0.318. The minimum Gasteiger partial charge on any atom is -0.490 e. The Bertz CT molecular complexity index is 970. The highest BCUT2D eigenvalue weighted by Crippen LogP contribution is 2.26. The van der Waals surface area contributed by atoms with Crippen LogP contribution in [0.25, 0.3) is 10.9 Å². The number of hydrogen-bond donors (Lipinski definition) is 0. The van der Waals surface area contributed by atoms with E-state index in [-0.39, 0.29) is 12.0 Å². The summed E-state index contributed by atoms with van der Waals surface area (Å²) in [6, 6.07) is 13.7. The van der Waals surface area contributed by atoms with Crippen LogP contribution in [0.15, 0.2) is 48.7 Å². The highest BCUT2D eigenvalue weighted by Gasteiger charge is 2.26. The van der Waals surface area contributed by atoms with Crippen LogP contribution in [0.1, 0.15) is 28.8 Å². The summed E-state index contributed by atoms with van der Waals surface area (Å²) < 4.78 is 8.06. The Balaban J connectivity index is 1.44. The first-order valence-corrected chi connectivity index (χ1v) is 9.66. The molecule has 0 aliphatic carbocycles. The molecule has 4 nitrogen and oxygen atoms in total. The molecule has 3 aromatic rings. The van der Waals surface area contributed by atoms with Crippen molar-refractivity contribution in [1.82, 2.24) is 9.47 Å². The second kappa shape index (κ2) is 7.28. The van der Waals surface area contributed by atoms with Gasteiger partial charge in [-0.1, -0.05) is 23.7 Å². The maximum absolute atomic E-state index is 13.1. The zero-order chi connectivity index (χ0) is 19.0. The van der Waals surface area contributed by atoms with Crippen molar-refractivity contribution in [2.45, 2.75) is 25.9 Å². The van der Waals surface area contributed by atoms with Gasteiger partial charge in [0.25, 0.3) is 5.91 Å². The molecule has 0 bridgehead atoms. The molecule has 27 heavy (non-hydrogen) atoms. The van der Waals surface area contributed by atoms with E-state index in [1.54, 1.807) is 0 Å². The van der Waals surface area contributed by atoms with Crippen molar-refractivity contribution in [2.75, 3.05) is 13.1 Å². The van der Waals surface area contributed by atoms with Gasteiger partial charge in [-0.05, 0) is 42.8 Å². The van der Waals surface area contributed by atoms with E-state index in [1.165, 1.54) is 5.56 Å². The van der Waals surface area contributed by atoms with Crippen LogP contribution in [-0.2, 0) is 7.05 Å². The SMILES string of the molecule is Cc1ccc2c(C(=O)N3CCC(Oc4ccc(Cl)cc4)CC3)cn(C)c2c1. The number of carbonyl (C=O) groups is 1. The molecule has 1 saturated heterocycles. The molecular weight excluding hydrogens is 360 g/mol. The molecule has 2 heterocycles. The molecule has 1 aliphatic rings. The normalized spacial score (nSPS) is 15.3. The van der Waals surface area contributed by atoms with Gasteiger partial charge in [0.15, 0.2) is 0 Å². The number of nitrogens with zero attached hydrogens (tertiary/aromatic N) is 2. The van der Waals surface area contributed by atoms with Gasteiger partial charge in [-0.15, -0.1) is 0 Å². The third-order valence-corrected chi connectivity index (χ3v) is 5.47. The van der Waals surface area contributed by atoms with E-state index in [0.717, 1.165) is 35.1 Å². The van der Waals surface area contributed by atoms with Gasteiger partial charge in [-0.3, -0.25) is 4.79 Å². The van der Waals surface area contributed by atoms with E-state index in [0.29, 0.717) is 18.1 Å². The molecule has 0 N–H and O–H groups in total. The fourth-order valence-corrected chi connectivity index (χ4v) is 3.84. The number of halogens is 1. The molecule has 4 rings (SSSR count). The molecular formula is C22H23ClN2O2. The monoisotopic (exact) mass is 382 g/mol. The summed E-state index contributed by atoms with van der Waals surface area (Å²) in [5.41, 5.74) is 3.08. The fourth-order valence-electron chi connectivity index (χ4n) is 3.72. The van der Waals surface area contributed by atoms with Crippen LogP contribution in [0.3, 0.4) is 0 Å². The number of likely N-dealkylation sites (tertiary alicyclic amines) is 1. The number of aryl methyl sites for hydroxylation is 2. The van der Waals surface area contributed by atoms with Gasteiger partial charge in [0.05, 0.1) is 5.56 Å². The Morgan fingerprint density at radius 1 is 1.11 bits per heavy atom. The molecule has 2 aromatic carbocycles. The summed E-state index contributed by atoms with van der Waals surface area (Å²) in [5, 5.41) is 1.72. The van der Waals surface area contributed by atoms with E-state index >= 15 is 0 Å². The number of amides is 1. The summed E-state index contributed by atoms with van der Waals surface area (Å²) in [4.78, 5) is 15.0. The molecule has 1 fully saturated rings. The quantitative estimate of drug-likeness (QED) is 0.650. The van der Waals surface area contributed by atoms with Crippen molar-refractivity contribution in [3.8, 4) is 5.75 Å². The van der Waals surface area contributed by atoms with Crippen molar-refractivity contribution in [3.05, 3.63) is 64.8 Å². The number of carbonyl (C=O) groups excluding carboxylic acids is 1. The van der Waals surface area contributed by atoms with Gasteiger partial charge in [0, 0.05) is 55.1 Å². The maximum Gasteiger partial charge on any atom is 0.256 e. The van der Waals surface area contributed by atoms with Gasteiger partial charge < -0.3 is 14.2 Å². The van der Waals surface area contributed by atoms with Crippen molar-refractivity contribution in [1.29, 1.82) is 0 Å². The molecule has 1 aromatic heterocycles. The number of ether oxygens (including phenoxy) is 1. The van der Waals surface area contributed by atoms with Crippen LogP contribution < -0.4 is 4.74 Å². The standard InChI is InChI=1S/C22H23ClN2O2/c1-15-3-8-19-20(14-24(2)21(19)13-15)22(26)25-11-9-18(10-12-25)27-17-6-4-16(23)5-7-17/h3-8,13-14,18H,9-12H2,1-2H3. The number of rotatable bonds is 3. The first-order chi connectivity index (χ1) is 13.0. The predicted molar refractivity (Wildman–Crippen MR) is 109 cm³/mol. The second-order valence-electron chi connectivity index (χ2n) is 7.24. The lowest BCUT2D eigenvalue weighted by molar-refractivity contribution is 0.0597. The maximum atomic E-state index is 13.1. The Hall–Kier alpha value is -2.46. The van der Waals surface area contributed by atoms with Crippen LogP contribution in [0.4, 0.5) is 0 Å². The van der Waals surface area contributed by atoms with Crippen LogP contribution in [0, 0.1) is 6.92 Å². The molecule has 0 saturated carbocycles. The molecule has 0 atom stereocenters. The van der Waals surface area contributed by atoms with Crippen LogP contribution in [0.5, 0.6) is 5.75 Å². The first kappa shape index (κ1) is 17.9. The molecule has 5 heteroatoms. The van der Waals surface area contributed by atoms with Crippen molar-refractivity contribution < 1.29 is 9.53 Å². The van der Waals surface area contributed by atoms with Crippen molar-refractivity contribution in [2.24, 2.45) is 7.05 Å². The van der Waals surface area contributed by atoms with E-state index in [4.69, 9.17) is 16.3 Å². The largest absolute Gasteiger partial charge is 0.490 e. The average Bonchev–Trinajstić information content (AvgIpc) is 3.00. The zero-order valence-corrected chi connectivity index (χ0v) is 16.4. The van der Waals surface area contributed by atoms with Gasteiger partial charge in [0.2, 0.25) is 0 Å². The lowest BCUT2D eigenvalue weighted by Gasteiger charge is -2.32. The smallest absolute Gasteiger partial charge is 0.256 e. The number of fused-ring (bicyclic) bond motifs is 1. The topological polar surface area (TPSA) is 34.5 Å². The van der Waals surface area contributed by atoms with Gasteiger partial charge in [0.1, 0.15) is 11.9 Å². The highest BCUT2D eigenvalue weighted by atomic mass is 35.5. The number of benzene rings is 2. The first-order valence-electron chi connectivity index (χ1n) is 9.28. The van der Waals surface area contributed by atoms with Gasteiger partial charge in [-0.2, -0.15) is 0 Å². The highest BCUT2D eigenvalue weighted by molar-refractivity contribution is 6.30. The third-order valence-electron chi connectivity index (χ3n) is 5.22. The summed E-state index contributed by atoms with van der Waals surface area (Å²) >= 11 is 5.92. The van der Waals surface area contributed by atoms with Gasteiger partial charge >= 0.3 is 0 Å². The van der Waals surface area contributed by atoms with Crippen LogP contribution in [0.2, 0.25) is 5.02 Å². The minimum atomic E-state index is 0.106. The average molecular weight is 383 g/mol. The Kier molecular flexibility index (Phi) is 4.83. The lowest BCUT2D eigenvalue weighted by atomic mass is 10.1. The molecule has 140 valence electrons. The summed E-state index contributed by atoms with van der Waals surface area (Å²) in [6.07, 6.45) is 3.74.